The zero-order valence-electron chi connectivity index (χ0n) is 15.9. The van der Waals surface area contributed by atoms with E-state index in [2.05, 4.69) is 5.32 Å². The van der Waals surface area contributed by atoms with Gasteiger partial charge in [0.15, 0.2) is 0 Å². The van der Waals surface area contributed by atoms with E-state index in [-0.39, 0.29) is 47.5 Å². The van der Waals surface area contributed by atoms with Crippen LogP contribution in [0.25, 0.3) is 6.08 Å². The Morgan fingerprint density at radius 2 is 1.84 bits per heavy atom. The Bertz CT molecular complexity index is 1280. The summed E-state index contributed by atoms with van der Waals surface area (Å²) in [6.45, 7) is 0.981. The molecular formula is C19H17ClN2O7S2. The average molecular weight is 485 g/mol. The molecule has 9 nitrogen and oxygen atoms in total. The quantitative estimate of drug-likeness (QED) is 0.661. The number of sulfonamides is 1. The first-order valence-corrected chi connectivity index (χ1v) is 12.4. The van der Waals surface area contributed by atoms with Crippen LogP contribution in [0.5, 0.6) is 5.75 Å². The minimum absolute atomic E-state index is 0.0142. The van der Waals surface area contributed by atoms with E-state index in [0.29, 0.717) is 11.3 Å². The predicted octanol–water partition coefficient (Wildman–Crippen LogP) is 2.31. The van der Waals surface area contributed by atoms with E-state index in [1.54, 1.807) is 6.07 Å². The maximum atomic E-state index is 12.9. The van der Waals surface area contributed by atoms with Crippen LogP contribution in [0.1, 0.15) is 15.9 Å². The van der Waals surface area contributed by atoms with Crippen LogP contribution in [-0.4, -0.2) is 53.4 Å². The Morgan fingerprint density at radius 3 is 2.58 bits per heavy atom. The molecule has 0 saturated carbocycles. The molecule has 0 unspecified atom stereocenters. The third-order valence-corrected chi connectivity index (χ3v) is 7.93. The number of anilines is 1. The minimum Gasteiger partial charge on any atom is -0.379 e. The molecule has 1 saturated heterocycles. The first-order valence-electron chi connectivity index (χ1n) is 9.11. The number of hydrogen-bond donors (Lipinski definition) is 1. The number of morpholine rings is 1. The number of nitrogens with zero attached hydrogens (tertiary/aromatic N) is 1. The fraction of sp³-hybridized carbons (Fsp3) is 0.211. The van der Waals surface area contributed by atoms with Crippen LogP contribution >= 0.6 is 11.6 Å². The van der Waals surface area contributed by atoms with Crippen molar-refractivity contribution >= 4 is 49.4 Å². The number of fused-ring (bicyclic) bond motifs is 1. The topological polar surface area (TPSA) is 119 Å². The number of ether oxygens (including phenoxy) is 1. The fourth-order valence-corrected chi connectivity index (χ4v) is 5.79. The van der Waals surface area contributed by atoms with Crippen molar-refractivity contribution in [1.82, 2.24) is 4.31 Å². The third kappa shape index (κ3) is 4.60. The molecule has 2 aromatic rings. The van der Waals surface area contributed by atoms with Crippen molar-refractivity contribution in [3.8, 4) is 5.75 Å². The van der Waals surface area contributed by atoms with Crippen molar-refractivity contribution in [1.29, 1.82) is 0 Å². The Kier molecular flexibility index (Phi) is 5.79. The first kappa shape index (κ1) is 21.8. The fourth-order valence-electron chi connectivity index (χ4n) is 3.11. The molecule has 0 bridgehead atoms. The van der Waals surface area contributed by atoms with Crippen molar-refractivity contribution < 1.29 is 30.6 Å². The zero-order valence-corrected chi connectivity index (χ0v) is 18.3. The molecule has 1 N–H and O–H groups in total. The van der Waals surface area contributed by atoms with Crippen LogP contribution < -0.4 is 9.50 Å². The van der Waals surface area contributed by atoms with Crippen LogP contribution in [0.4, 0.5) is 5.69 Å². The van der Waals surface area contributed by atoms with Gasteiger partial charge in [-0.15, -0.1) is 0 Å². The molecule has 1 fully saturated rings. The maximum Gasteiger partial charge on any atom is 0.332 e. The van der Waals surface area contributed by atoms with Crippen molar-refractivity contribution in [2.45, 2.75) is 4.90 Å². The summed E-state index contributed by atoms with van der Waals surface area (Å²) < 4.78 is 60.1. The monoisotopic (exact) mass is 484 g/mol. The van der Waals surface area contributed by atoms with Crippen molar-refractivity contribution in [3.05, 3.63) is 58.0 Å². The molecule has 0 spiro atoms. The van der Waals surface area contributed by atoms with Crippen molar-refractivity contribution in [2.75, 3.05) is 31.6 Å². The molecule has 0 aliphatic carbocycles. The molecule has 4 rings (SSSR count). The lowest BCUT2D eigenvalue weighted by molar-refractivity contribution is 0.0730. The van der Waals surface area contributed by atoms with Gasteiger partial charge in [0.25, 0.3) is 5.91 Å². The van der Waals surface area contributed by atoms with E-state index in [9.17, 15) is 21.6 Å². The molecule has 2 heterocycles. The molecule has 164 valence electrons. The molecule has 1 amide bonds. The van der Waals surface area contributed by atoms with E-state index in [0.717, 1.165) is 5.41 Å². The highest BCUT2D eigenvalue weighted by Crippen LogP contribution is 2.30. The lowest BCUT2D eigenvalue weighted by Crippen LogP contribution is -2.40. The number of nitrogens with one attached hydrogen (secondary N) is 1. The Labute approximate surface area is 184 Å². The van der Waals surface area contributed by atoms with Gasteiger partial charge in [-0.3, -0.25) is 4.79 Å². The SMILES string of the molecule is O=C(Nc1ccc2c(c1)C=CS(=O)(=O)O2)c1ccc(Cl)c(S(=O)(=O)N2CCOCC2)c1. The molecular weight excluding hydrogens is 468 g/mol. The third-order valence-electron chi connectivity index (χ3n) is 4.67. The second kappa shape index (κ2) is 8.24. The van der Waals surface area contributed by atoms with Gasteiger partial charge in [-0.1, -0.05) is 11.6 Å². The normalized spacial score (nSPS) is 18.1. The van der Waals surface area contributed by atoms with Crippen LogP contribution in [0.3, 0.4) is 0 Å². The lowest BCUT2D eigenvalue weighted by atomic mass is 10.1. The number of benzene rings is 2. The van der Waals surface area contributed by atoms with Gasteiger partial charge in [-0.05, 0) is 42.5 Å². The largest absolute Gasteiger partial charge is 0.379 e. The van der Waals surface area contributed by atoms with E-state index in [1.165, 1.54) is 40.7 Å². The van der Waals surface area contributed by atoms with Gasteiger partial charge in [-0.25, -0.2) is 8.42 Å². The molecule has 2 aliphatic heterocycles. The van der Waals surface area contributed by atoms with Gasteiger partial charge < -0.3 is 14.2 Å². The highest BCUT2D eigenvalue weighted by molar-refractivity contribution is 7.90. The average Bonchev–Trinajstić information content (AvgIpc) is 2.74. The molecule has 2 aliphatic rings. The number of hydrogen-bond acceptors (Lipinski definition) is 7. The number of rotatable bonds is 4. The van der Waals surface area contributed by atoms with E-state index in [4.69, 9.17) is 20.5 Å². The van der Waals surface area contributed by atoms with E-state index >= 15 is 0 Å². The summed E-state index contributed by atoms with van der Waals surface area (Å²) in [5, 5.41) is 3.59. The van der Waals surface area contributed by atoms with Gasteiger partial charge in [-0.2, -0.15) is 12.7 Å². The smallest absolute Gasteiger partial charge is 0.332 e. The van der Waals surface area contributed by atoms with Crippen molar-refractivity contribution in [3.63, 3.8) is 0 Å². The Hall–Kier alpha value is -2.44. The van der Waals surface area contributed by atoms with Crippen LogP contribution in [0, 0.1) is 0 Å². The summed E-state index contributed by atoms with van der Waals surface area (Å²) in [5.41, 5.74) is 0.950. The highest BCUT2D eigenvalue weighted by Gasteiger charge is 2.29. The summed E-state index contributed by atoms with van der Waals surface area (Å²) in [4.78, 5) is 12.6. The summed E-state index contributed by atoms with van der Waals surface area (Å²) in [7, 11) is -7.64. The number of carbonyl (C=O) groups is 1. The maximum absolute atomic E-state index is 12.9. The summed E-state index contributed by atoms with van der Waals surface area (Å²) in [6.07, 6.45) is 1.36. The van der Waals surface area contributed by atoms with Crippen LogP contribution in [0.2, 0.25) is 5.02 Å². The van der Waals surface area contributed by atoms with Gasteiger partial charge in [0.1, 0.15) is 10.6 Å². The highest BCUT2D eigenvalue weighted by atomic mass is 35.5. The second-order valence-electron chi connectivity index (χ2n) is 6.75. The summed E-state index contributed by atoms with van der Waals surface area (Å²) in [6, 6.07) is 8.45. The molecule has 31 heavy (non-hydrogen) atoms. The number of amides is 1. The molecule has 0 radical (unpaired) electrons. The summed E-state index contributed by atoms with van der Waals surface area (Å²) >= 11 is 6.13. The van der Waals surface area contributed by atoms with Crippen molar-refractivity contribution in [2.24, 2.45) is 0 Å². The van der Waals surface area contributed by atoms with Crippen LogP contribution in [-0.2, 0) is 24.9 Å². The Morgan fingerprint density at radius 1 is 1.10 bits per heavy atom. The van der Waals surface area contributed by atoms with Gasteiger partial charge in [0.05, 0.1) is 23.6 Å². The standard InChI is InChI=1S/C19H17ClN2O7S2/c20-16-3-1-14(12-18(16)31(26,27)22-6-8-28-9-7-22)19(23)21-15-2-4-17-13(11-15)5-10-30(24,25)29-17/h1-5,10-12H,6-9H2,(H,21,23). The van der Waals surface area contributed by atoms with Crippen LogP contribution in [0.15, 0.2) is 46.7 Å². The second-order valence-corrected chi connectivity index (χ2v) is 10.5. The van der Waals surface area contributed by atoms with E-state index in [1.807, 2.05) is 0 Å². The minimum atomic E-state index is -3.89. The lowest BCUT2D eigenvalue weighted by Gasteiger charge is -2.26. The summed E-state index contributed by atoms with van der Waals surface area (Å²) in [5.74, 6) is -0.408. The Balaban J connectivity index is 1.58. The molecule has 12 heteroatoms. The van der Waals surface area contributed by atoms with Gasteiger partial charge in [0.2, 0.25) is 10.0 Å². The van der Waals surface area contributed by atoms with Gasteiger partial charge >= 0.3 is 10.1 Å². The molecule has 2 aromatic carbocycles. The zero-order chi connectivity index (χ0) is 22.2. The predicted molar refractivity (Wildman–Crippen MR) is 114 cm³/mol. The number of carbonyl (C=O) groups excluding carboxylic acids is 1. The molecule has 0 atom stereocenters. The van der Waals surface area contributed by atoms with Gasteiger partial charge in [0, 0.05) is 29.9 Å². The number of halogens is 1. The molecule has 0 aromatic heterocycles. The van der Waals surface area contributed by atoms with E-state index < -0.39 is 26.0 Å². The first-order chi connectivity index (χ1) is 14.7.